The van der Waals surface area contributed by atoms with E-state index in [4.69, 9.17) is 0 Å². The van der Waals surface area contributed by atoms with Crippen LogP contribution in [0.25, 0.3) is 0 Å². The van der Waals surface area contributed by atoms with Crippen LogP contribution in [0.3, 0.4) is 0 Å². The number of hydrogen-bond acceptors (Lipinski definition) is 2. The fourth-order valence-electron chi connectivity index (χ4n) is 1.95. The van der Waals surface area contributed by atoms with Gasteiger partial charge in [-0.2, -0.15) is 0 Å². The molecule has 1 unspecified atom stereocenters. The Morgan fingerprint density at radius 1 is 1.41 bits per heavy atom. The minimum Gasteiger partial charge on any atom is -0.374 e. The second kappa shape index (κ2) is 6.60. The summed E-state index contributed by atoms with van der Waals surface area (Å²) < 4.78 is 13.8. The highest BCUT2D eigenvalue weighted by Gasteiger charge is 2.12. The van der Waals surface area contributed by atoms with Crippen molar-refractivity contribution in [1.82, 2.24) is 5.32 Å². The van der Waals surface area contributed by atoms with Gasteiger partial charge in [-0.3, -0.25) is 0 Å². The number of halogens is 1. The molecule has 0 spiro atoms. The highest BCUT2D eigenvalue weighted by atomic mass is 19.1. The molecular formula is C14H23FN2. The van der Waals surface area contributed by atoms with Crippen LogP contribution in [-0.4, -0.2) is 20.6 Å². The lowest BCUT2D eigenvalue weighted by molar-refractivity contribution is 0.555. The van der Waals surface area contributed by atoms with Crippen molar-refractivity contribution in [2.45, 2.75) is 26.8 Å². The van der Waals surface area contributed by atoms with Gasteiger partial charge in [-0.25, -0.2) is 4.39 Å². The smallest absolute Gasteiger partial charge is 0.129 e. The summed E-state index contributed by atoms with van der Waals surface area (Å²) in [5.74, 6) is 0.485. The van der Waals surface area contributed by atoms with Crippen LogP contribution in [0.5, 0.6) is 0 Å². The molecule has 0 aliphatic carbocycles. The topological polar surface area (TPSA) is 15.3 Å². The largest absolute Gasteiger partial charge is 0.374 e. The zero-order chi connectivity index (χ0) is 12.8. The van der Waals surface area contributed by atoms with E-state index in [0.717, 1.165) is 24.2 Å². The van der Waals surface area contributed by atoms with Crippen molar-refractivity contribution in [3.8, 4) is 0 Å². The molecule has 0 amide bonds. The maximum absolute atomic E-state index is 13.8. The Morgan fingerprint density at radius 2 is 2.12 bits per heavy atom. The first-order valence-corrected chi connectivity index (χ1v) is 6.23. The van der Waals surface area contributed by atoms with E-state index in [-0.39, 0.29) is 5.82 Å². The van der Waals surface area contributed by atoms with Crippen molar-refractivity contribution in [3.05, 3.63) is 29.6 Å². The summed E-state index contributed by atoms with van der Waals surface area (Å²) in [7, 11) is 3.87. The minimum atomic E-state index is -0.132. The number of benzene rings is 1. The van der Waals surface area contributed by atoms with Gasteiger partial charge in [0.1, 0.15) is 5.82 Å². The number of nitrogens with one attached hydrogen (secondary N) is 1. The molecule has 3 heteroatoms. The van der Waals surface area contributed by atoms with Crippen molar-refractivity contribution in [2.75, 3.05) is 25.5 Å². The van der Waals surface area contributed by atoms with E-state index in [0.29, 0.717) is 12.5 Å². The molecule has 0 radical (unpaired) electrons. The third-order valence-electron chi connectivity index (χ3n) is 3.14. The molecule has 17 heavy (non-hydrogen) atoms. The highest BCUT2D eigenvalue weighted by molar-refractivity contribution is 5.53. The van der Waals surface area contributed by atoms with Crippen molar-refractivity contribution in [1.29, 1.82) is 0 Å². The Balaban J connectivity index is 2.91. The van der Waals surface area contributed by atoms with E-state index < -0.39 is 0 Å². The number of nitrogens with zero attached hydrogens (tertiary/aromatic N) is 1. The number of rotatable bonds is 6. The molecule has 1 rings (SSSR count). The monoisotopic (exact) mass is 238 g/mol. The van der Waals surface area contributed by atoms with Crippen molar-refractivity contribution < 1.29 is 4.39 Å². The molecule has 0 saturated heterocycles. The molecule has 0 aliphatic rings. The molecular weight excluding hydrogens is 215 g/mol. The zero-order valence-electron chi connectivity index (χ0n) is 11.3. The minimum absolute atomic E-state index is 0.132. The van der Waals surface area contributed by atoms with Gasteiger partial charge in [0, 0.05) is 31.4 Å². The van der Waals surface area contributed by atoms with Crippen molar-refractivity contribution in [3.63, 3.8) is 0 Å². The van der Waals surface area contributed by atoms with Crippen LogP contribution >= 0.6 is 0 Å². The van der Waals surface area contributed by atoms with Gasteiger partial charge in [0.05, 0.1) is 0 Å². The lowest BCUT2D eigenvalue weighted by Crippen LogP contribution is -2.25. The summed E-state index contributed by atoms with van der Waals surface area (Å²) in [5.41, 5.74) is 1.74. The quantitative estimate of drug-likeness (QED) is 0.819. The SMILES string of the molecule is CCC(C)CN(C)c1cccc(F)c1CNC. The Labute approximate surface area is 104 Å². The summed E-state index contributed by atoms with van der Waals surface area (Å²) in [4.78, 5) is 2.14. The van der Waals surface area contributed by atoms with Gasteiger partial charge in [-0.05, 0) is 25.1 Å². The Hall–Kier alpha value is -1.09. The van der Waals surface area contributed by atoms with E-state index >= 15 is 0 Å². The van der Waals surface area contributed by atoms with Crippen molar-refractivity contribution >= 4 is 5.69 Å². The van der Waals surface area contributed by atoms with Crippen LogP contribution in [0.15, 0.2) is 18.2 Å². The van der Waals surface area contributed by atoms with E-state index in [1.165, 1.54) is 6.07 Å². The standard InChI is InChI=1S/C14H23FN2/c1-5-11(2)10-17(4)14-8-6-7-13(15)12(14)9-16-3/h6-8,11,16H,5,9-10H2,1-4H3. The Morgan fingerprint density at radius 3 is 2.71 bits per heavy atom. The van der Waals surface area contributed by atoms with Gasteiger partial charge >= 0.3 is 0 Å². The first kappa shape index (κ1) is 14.0. The van der Waals surface area contributed by atoms with E-state index in [1.54, 1.807) is 6.07 Å². The summed E-state index contributed by atoms with van der Waals surface area (Å²) in [6, 6.07) is 5.28. The molecule has 2 nitrogen and oxygen atoms in total. The average molecular weight is 238 g/mol. The lowest BCUT2D eigenvalue weighted by Gasteiger charge is -2.25. The number of anilines is 1. The third-order valence-corrected chi connectivity index (χ3v) is 3.14. The van der Waals surface area contributed by atoms with Gasteiger partial charge in [-0.1, -0.05) is 26.3 Å². The molecule has 0 aliphatic heterocycles. The van der Waals surface area contributed by atoms with Crippen LogP contribution in [0.1, 0.15) is 25.8 Å². The molecule has 0 fully saturated rings. The molecule has 1 atom stereocenters. The third kappa shape index (κ3) is 3.70. The van der Waals surface area contributed by atoms with Crippen LogP contribution in [-0.2, 0) is 6.54 Å². The molecule has 0 aromatic heterocycles. The second-order valence-corrected chi connectivity index (χ2v) is 4.66. The van der Waals surface area contributed by atoms with E-state index in [2.05, 4.69) is 24.1 Å². The summed E-state index contributed by atoms with van der Waals surface area (Å²) in [6.45, 7) is 5.91. The zero-order valence-corrected chi connectivity index (χ0v) is 11.3. The lowest BCUT2D eigenvalue weighted by atomic mass is 10.1. The molecule has 1 aromatic carbocycles. The normalized spacial score (nSPS) is 12.5. The first-order chi connectivity index (χ1) is 8.10. The van der Waals surface area contributed by atoms with Crippen LogP contribution < -0.4 is 10.2 Å². The predicted octanol–water partition coefficient (Wildman–Crippen LogP) is 3.03. The predicted molar refractivity (Wildman–Crippen MR) is 71.9 cm³/mol. The van der Waals surface area contributed by atoms with Gasteiger partial charge in [-0.15, -0.1) is 0 Å². The fraction of sp³-hybridized carbons (Fsp3) is 0.571. The van der Waals surface area contributed by atoms with Crippen LogP contribution in [0, 0.1) is 11.7 Å². The summed E-state index contributed by atoms with van der Waals surface area (Å²) in [6.07, 6.45) is 1.14. The van der Waals surface area contributed by atoms with Gasteiger partial charge in [0.25, 0.3) is 0 Å². The summed E-state index contributed by atoms with van der Waals surface area (Å²) >= 11 is 0. The Kier molecular flexibility index (Phi) is 5.42. The molecule has 0 saturated carbocycles. The Bertz CT molecular complexity index is 352. The van der Waals surface area contributed by atoms with Crippen LogP contribution in [0.4, 0.5) is 10.1 Å². The average Bonchev–Trinajstić information content (AvgIpc) is 2.31. The van der Waals surface area contributed by atoms with Gasteiger partial charge < -0.3 is 10.2 Å². The van der Waals surface area contributed by atoms with Gasteiger partial charge in [0.2, 0.25) is 0 Å². The maximum atomic E-state index is 13.8. The fourth-order valence-corrected chi connectivity index (χ4v) is 1.95. The maximum Gasteiger partial charge on any atom is 0.129 e. The second-order valence-electron chi connectivity index (χ2n) is 4.66. The highest BCUT2D eigenvalue weighted by Crippen LogP contribution is 2.23. The molecule has 0 heterocycles. The number of hydrogen-bond donors (Lipinski definition) is 1. The first-order valence-electron chi connectivity index (χ1n) is 6.23. The molecule has 96 valence electrons. The van der Waals surface area contributed by atoms with Crippen LogP contribution in [0.2, 0.25) is 0 Å². The van der Waals surface area contributed by atoms with Crippen molar-refractivity contribution in [2.24, 2.45) is 5.92 Å². The molecule has 1 aromatic rings. The molecule has 1 N–H and O–H groups in total. The van der Waals surface area contributed by atoms with E-state index in [9.17, 15) is 4.39 Å². The van der Waals surface area contributed by atoms with Gasteiger partial charge in [0.15, 0.2) is 0 Å². The summed E-state index contributed by atoms with van der Waals surface area (Å²) in [5, 5.41) is 3.02. The molecule has 0 bridgehead atoms. The van der Waals surface area contributed by atoms with E-state index in [1.807, 2.05) is 20.2 Å².